The first kappa shape index (κ1) is 26.9. The van der Waals surface area contributed by atoms with Gasteiger partial charge in [0.2, 0.25) is 11.8 Å². The number of hydrogen-bond acceptors (Lipinski definition) is 7. The molecule has 13 heteroatoms. The van der Waals surface area contributed by atoms with Crippen molar-refractivity contribution in [2.75, 3.05) is 12.3 Å². The third kappa shape index (κ3) is 6.03. The van der Waals surface area contributed by atoms with E-state index in [-0.39, 0.29) is 41.4 Å². The Hall–Kier alpha value is -4.16. The minimum absolute atomic E-state index is 0.0320. The molecule has 10 nitrogen and oxygen atoms in total. The van der Waals surface area contributed by atoms with Crippen LogP contribution in [0.2, 0.25) is 0 Å². The van der Waals surface area contributed by atoms with Gasteiger partial charge in [-0.3, -0.25) is 9.48 Å². The summed E-state index contributed by atoms with van der Waals surface area (Å²) in [7, 11) is 0. The highest BCUT2D eigenvalue weighted by Gasteiger charge is 2.29. The Balaban J connectivity index is 1.65. The Morgan fingerprint density at radius 3 is 2.55 bits per heavy atom. The summed E-state index contributed by atoms with van der Waals surface area (Å²) in [5, 5.41) is 11.6. The molecule has 2 unspecified atom stereocenters. The van der Waals surface area contributed by atoms with Gasteiger partial charge in [0.25, 0.3) is 5.91 Å². The second-order valence-corrected chi connectivity index (χ2v) is 9.38. The smallest absolute Gasteiger partial charge is 0.422 e. The zero-order chi connectivity index (χ0) is 27.6. The van der Waals surface area contributed by atoms with E-state index in [1.807, 2.05) is 33.9 Å². The molecular formula is C25H29F3N8O2. The van der Waals surface area contributed by atoms with E-state index in [2.05, 4.69) is 25.5 Å². The predicted octanol–water partition coefficient (Wildman–Crippen LogP) is 4.28. The fraction of sp³-hybridized carbons (Fsp3) is 0.400. The molecule has 3 N–H and O–H groups in total. The van der Waals surface area contributed by atoms with Gasteiger partial charge in [-0.1, -0.05) is 20.8 Å². The molecule has 202 valence electrons. The molecule has 0 saturated carbocycles. The number of rotatable bonds is 9. The van der Waals surface area contributed by atoms with Crippen LogP contribution in [0.4, 0.5) is 19.1 Å². The van der Waals surface area contributed by atoms with Gasteiger partial charge in [0, 0.05) is 30.1 Å². The monoisotopic (exact) mass is 530 g/mol. The van der Waals surface area contributed by atoms with Crippen molar-refractivity contribution >= 4 is 17.5 Å². The van der Waals surface area contributed by atoms with Crippen LogP contribution < -0.4 is 15.8 Å². The number of nitrogens with two attached hydrogens (primary N) is 1. The number of anilines is 1. The molecule has 0 aromatic carbocycles. The highest BCUT2D eigenvalue weighted by Crippen LogP contribution is 2.30. The molecular weight excluding hydrogens is 501 g/mol. The zero-order valence-electron chi connectivity index (χ0n) is 21.4. The molecule has 0 aliphatic rings. The van der Waals surface area contributed by atoms with E-state index >= 15 is 0 Å². The minimum Gasteiger partial charge on any atom is -0.468 e. The third-order valence-corrected chi connectivity index (χ3v) is 6.01. The number of aromatic nitrogens is 6. The fourth-order valence-electron chi connectivity index (χ4n) is 4.02. The molecule has 4 heterocycles. The lowest BCUT2D eigenvalue weighted by Gasteiger charge is -2.22. The number of carbonyl (C=O) groups excluding carboxylic acids is 1. The number of nitrogens with zero attached hydrogens (tertiary/aromatic N) is 6. The van der Waals surface area contributed by atoms with E-state index < -0.39 is 12.8 Å². The average Bonchev–Trinajstić information content (AvgIpc) is 3.48. The van der Waals surface area contributed by atoms with Gasteiger partial charge in [-0.15, -0.1) is 5.10 Å². The van der Waals surface area contributed by atoms with Gasteiger partial charge in [0.05, 0.1) is 12.2 Å². The lowest BCUT2D eigenvalue weighted by Crippen LogP contribution is -2.33. The van der Waals surface area contributed by atoms with Crippen LogP contribution in [0.3, 0.4) is 0 Å². The summed E-state index contributed by atoms with van der Waals surface area (Å²) in [6, 6.07) is 6.27. The molecule has 0 bridgehead atoms. The molecule has 4 aromatic heterocycles. The van der Waals surface area contributed by atoms with Crippen LogP contribution in [0.25, 0.3) is 16.8 Å². The zero-order valence-corrected chi connectivity index (χ0v) is 21.4. The van der Waals surface area contributed by atoms with E-state index in [4.69, 9.17) is 10.5 Å². The Kier molecular flexibility index (Phi) is 7.56. The quantitative estimate of drug-likeness (QED) is 0.331. The SMILES string of the molecule is CCC(C)NC(=O)c1cc(-c2cnn(C(c3ccc(OCC(F)(F)F)nc3)C(C)C)c2)cc2nc(N)nn12. The molecule has 1 amide bonds. The van der Waals surface area contributed by atoms with Crippen molar-refractivity contribution in [1.82, 2.24) is 34.7 Å². The maximum absolute atomic E-state index is 13.0. The first-order chi connectivity index (χ1) is 17.9. The lowest BCUT2D eigenvalue weighted by molar-refractivity contribution is -0.154. The maximum Gasteiger partial charge on any atom is 0.422 e. The van der Waals surface area contributed by atoms with Crippen LogP contribution in [0, 0.1) is 5.92 Å². The van der Waals surface area contributed by atoms with Crippen LogP contribution in [0.1, 0.15) is 56.2 Å². The van der Waals surface area contributed by atoms with Gasteiger partial charge >= 0.3 is 6.18 Å². The second kappa shape index (κ2) is 10.7. The van der Waals surface area contributed by atoms with E-state index in [0.717, 1.165) is 17.5 Å². The van der Waals surface area contributed by atoms with Gasteiger partial charge in [0.15, 0.2) is 12.3 Å². The fourth-order valence-corrected chi connectivity index (χ4v) is 4.02. The molecule has 0 saturated heterocycles. The summed E-state index contributed by atoms with van der Waals surface area (Å²) in [6.45, 7) is 6.48. The summed E-state index contributed by atoms with van der Waals surface area (Å²) in [5.41, 5.74) is 8.69. The molecule has 0 aliphatic carbocycles. The van der Waals surface area contributed by atoms with Crippen molar-refractivity contribution in [1.29, 1.82) is 0 Å². The van der Waals surface area contributed by atoms with Crippen LogP contribution >= 0.6 is 0 Å². The number of ether oxygens (including phenoxy) is 1. The van der Waals surface area contributed by atoms with Crippen LogP contribution in [0.15, 0.2) is 42.9 Å². The Morgan fingerprint density at radius 1 is 1.16 bits per heavy atom. The largest absolute Gasteiger partial charge is 0.468 e. The lowest BCUT2D eigenvalue weighted by atomic mass is 9.97. The minimum atomic E-state index is -4.44. The van der Waals surface area contributed by atoms with Crippen LogP contribution in [-0.2, 0) is 0 Å². The molecule has 0 radical (unpaired) electrons. The number of amides is 1. The summed E-state index contributed by atoms with van der Waals surface area (Å²) in [6.07, 6.45) is 1.32. The van der Waals surface area contributed by atoms with Crippen LogP contribution in [-0.4, -0.2) is 54.1 Å². The summed E-state index contributed by atoms with van der Waals surface area (Å²) < 4.78 is 45.2. The number of fused-ring (bicyclic) bond motifs is 1. The van der Waals surface area contributed by atoms with Crippen molar-refractivity contribution < 1.29 is 22.7 Å². The normalized spacial score (nSPS) is 13.6. The predicted molar refractivity (Wildman–Crippen MR) is 135 cm³/mol. The van der Waals surface area contributed by atoms with Gasteiger partial charge in [-0.25, -0.2) is 9.50 Å². The summed E-state index contributed by atoms with van der Waals surface area (Å²) >= 11 is 0. The number of hydrogen-bond donors (Lipinski definition) is 2. The van der Waals surface area contributed by atoms with Crippen molar-refractivity contribution in [3.8, 4) is 17.0 Å². The topological polar surface area (TPSA) is 125 Å². The van der Waals surface area contributed by atoms with E-state index in [0.29, 0.717) is 11.2 Å². The molecule has 4 rings (SSSR count). The van der Waals surface area contributed by atoms with Crippen LogP contribution in [0.5, 0.6) is 5.88 Å². The first-order valence-corrected chi connectivity index (χ1v) is 12.1. The Labute approximate surface area is 217 Å². The molecule has 0 aliphatic heterocycles. The molecule has 4 aromatic rings. The van der Waals surface area contributed by atoms with Crippen molar-refractivity contribution in [3.05, 3.63) is 54.1 Å². The average molecular weight is 531 g/mol. The van der Waals surface area contributed by atoms with Crippen molar-refractivity contribution in [3.63, 3.8) is 0 Å². The first-order valence-electron chi connectivity index (χ1n) is 12.1. The number of carbonyl (C=O) groups is 1. The Bertz CT molecular complexity index is 1410. The number of pyridine rings is 2. The number of halogens is 3. The van der Waals surface area contributed by atoms with E-state index in [9.17, 15) is 18.0 Å². The van der Waals surface area contributed by atoms with Gasteiger partial charge < -0.3 is 15.8 Å². The summed E-state index contributed by atoms with van der Waals surface area (Å²) in [4.78, 5) is 21.3. The number of alkyl halides is 3. The highest BCUT2D eigenvalue weighted by atomic mass is 19.4. The van der Waals surface area contributed by atoms with Crippen molar-refractivity contribution in [2.24, 2.45) is 5.92 Å². The van der Waals surface area contributed by atoms with E-state index in [1.165, 1.54) is 16.8 Å². The van der Waals surface area contributed by atoms with Gasteiger partial charge in [-0.05, 0) is 48.6 Å². The Morgan fingerprint density at radius 2 is 1.92 bits per heavy atom. The standard InChI is InChI=1S/C25H29F3N8O2/c1-5-15(4)32-23(37)19-8-17(9-20-33-24(29)34-36(19)20)18-11-31-35(12-18)22(14(2)3)16-6-7-21(30-10-16)38-13-25(26,27)28/h6-12,14-15,22H,5,13H2,1-4H3,(H2,29,34)(H,32,37). The molecule has 0 spiro atoms. The molecule has 38 heavy (non-hydrogen) atoms. The van der Waals surface area contributed by atoms with Gasteiger partial charge in [-0.2, -0.15) is 23.3 Å². The van der Waals surface area contributed by atoms with Gasteiger partial charge in [0.1, 0.15) is 5.69 Å². The number of nitrogens with one attached hydrogen (secondary N) is 1. The molecule has 0 fully saturated rings. The van der Waals surface area contributed by atoms with E-state index in [1.54, 1.807) is 29.1 Å². The third-order valence-electron chi connectivity index (χ3n) is 6.01. The maximum atomic E-state index is 13.0. The highest BCUT2D eigenvalue weighted by molar-refractivity contribution is 5.95. The number of nitrogen functional groups attached to an aromatic ring is 1. The van der Waals surface area contributed by atoms with Crippen molar-refractivity contribution in [2.45, 2.75) is 52.4 Å². The molecule has 2 atom stereocenters. The summed E-state index contributed by atoms with van der Waals surface area (Å²) in [5.74, 6) is -0.297. The second-order valence-electron chi connectivity index (χ2n) is 9.38.